The summed E-state index contributed by atoms with van der Waals surface area (Å²) in [5.74, 6) is 0.655. The van der Waals surface area contributed by atoms with Crippen molar-refractivity contribution in [3.63, 3.8) is 0 Å². The highest BCUT2D eigenvalue weighted by molar-refractivity contribution is 5.87. The molecule has 4 heteroatoms. The summed E-state index contributed by atoms with van der Waals surface area (Å²) in [6, 6.07) is 13.0. The maximum Gasteiger partial charge on any atom is 0.257 e. The van der Waals surface area contributed by atoms with Crippen molar-refractivity contribution in [3.05, 3.63) is 59.0 Å². The van der Waals surface area contributed by atoms with E-state index in [-0.39, 0.29) is 5.56 Å². The van der Waals surface area contributed by atoms with E-state index in [1.54, 1.807) is 13.3 Å². The van der Waals surface area contributed by atoms with E-state index in [1.807, 2.05) is 42.5 Å². The minimum atomic E-state index is -0.171. The highest BCUT2D eigenvalue weighted by Crippen LogP contribution is 2.24. The Morgan fingerprint density at radius 2 is 2.05 bits per heavy atom. The highest BCUT2D eigenvalue weighted by atomic mass is 16.5. The van der Waals surface area contributed by atoms with Crippen LogP contribution in [0.2, 0.25) is 0 Å². The van der Waals surface area contributed by atoms with E-state index in [9.17, 15) is 4.79 Å². The van der Waals surface area contributed by atoms with Crippen molar-refractivity contribution in [2.24, 2.45) is 0 Å². The molecule has 0 fully saturated rings. The fourth-order valence-electron chi connectivity index (χ4n) is 2.09. The quantitative estimate of drug-likeness (QED) is 0.762. The number of nitrogens with zero attached hydrogens (tertiary/aromatic N) is 1. The van der Waals surface area contributed by atoms with Gasteiger partial charge in [-0.2, -0.15) is 0 Å². The predicted octanol–water partition coefficient (Wildman–Crippen LogP) is 2.60. The monoisotopic (exact) mass is 252 g/mol. The van der Waals surface area contributed by atoms with Gasteiger partial charge in [0.05, 0.1) is 23.9 Å². The van der Waals surface area contributed by atoms with Crippen LogP contribution in [0.4, 0.5) is 0 Å². The smallest absolute Gasteiger partial charge is 0.257 e. The van der Waals surface area contributed by atoms with E-state index < -0.39 is 0 Å². The third-order valence-electron chi connectivity index (χ3n) is 3.00. The molecule has 94 valence electrons. The fourth-order valence-corrected chi connectivity index (χ4v) is 2.09. The Balaban J connectivity index is 2.30. The van der Waals surface area contributed by atoms with Gasteiger partial charge in [-0.3, -0.25) is 9.78 Å². The van der Waals surface area contributed by atoms with Gasteiger partial charge in [-0.05, 0) is 24.3 Å². The number of H-pyrrole nitrogens is 1. The molecule has 1 N–H and O–H groups in total. The molecule has 0 aliphatic rings. The molecular weight excluding hydrogens is 240 g/mol. The number of nitrogens with one attached hydrogen (secondary N) is 1. The molecule has 0 atom stereocenters. The number of benzene rings is 1. The second kappa shape index (κ2) is 4.57. The number of fused-ring (bicyclic) bond motifs is 1. The van der Waals surface area contributed by atoms with E-state index in [1.165, 1.54) is 0 Å². The third-order valence-corrected chi connectivity index (χ3v) is 3.00. The summed E-state index contributed by atoms with van der Waals surface area (Å²) in [6.45, 7) is 0. The maximum atomic E-state index is 12.2. The lowest BCUT2D eigenvalue weighted by Crippen LogP contribution is -2.09. The van der Waals surface area contributed by atoms with Gasteiger partial charge < -0.3 is 9.72 Å². The fraction of sp³-hybridized carbons (Fsp3) is 0.0667. The van der Waals surface area contributed by atoms with Gasteiger partial charge in [0.25, 0.3) is 5.56 Å². The van der Waals surface area contributed by atoms with Gasteiger partial charge in [-0.15, -0.1) is 0 Å². The summed E-state index contributed by atoms with van der Waals surface area (Å²) >= 11 is 0. The molecular formula is C15H12N2O2. The molecule has 0 spiro atoms. The zero-order chi connectivity index (χ0) is 13.2. The van der Waals surface area contributed by atoms with Crippen LogP contribution in [0.25, 0.3) is 22.2 Å². The first kappa shape index (κ1) is 11.5. The van der Waals surface area contributed by atoms with Gasteiger partial charge in [0, 0.05) is 11.6 Å². The largest absolute Gasteiger partial charge is 0.495 e. The van der Waals surface area contributed by atoms with E-state index in [4.69, 9.17) is 4.74 Å². The van der Waals surface area contributed by atoms with Crippen LogP contribution in [0.5, 0.6) is 5.75 Å². The predicted molar refractivity (Wildman–Crippen MR) is 74.4 cm³/mol. The molecule has 2 heterocycles. The van der Waals surface area contributed by atoms with Crippen LogP contribution in [0, 0.1) is 0 Å². The lowest BCUT2D eigenvalue weighted by atomic mass is 10.1. The van der Waals surface area contributed by atoms with E-state index in [2.05, 4.69) is 9.97 Å². The van der Waals surface area contributed by atoms with Crippen LogP contribution in [0.3, 0.4) is 0 Å². The number of para-hydroxylation sites is 1. The minimum Gasteiger partial charge on any atom is -0.495 e. The molecule has 0 amide bonds. The molecule has 0 aliphatic carbocycles. The van der Waals surface area contributed by atoms with Gasteiger partial charge in [0.1, 0.15) is 5.75 Å². The molecule has 19 heavy (non-hydrogen) atoms. The third kappa shape index (κ3) is 1.97. The molecule has 0 saturated heterocycles. The van der Waals surface area contributed by atoms with Crippen molar-refractivity contribution in [1.82, 2.24) is 9.97 Å². The number of hydrogen-bond donors (Lipinski definition) is 1. The Kier molecular flexibility index (Phi) is 2.76. The summed E-state index contributed by atoms with van der Waals surface area (Å²) in [5.41, 5.74) is 1.75. The molecule has 4 nitrogen and oxygen atoms in total. The zero-order valence-corrected chi connectivity index (χ0v) is 10.4. The van der Waals surface area contributed by atoms with Crippen LogP contribution in [-0.2, 0) is 0 Å². The molecule has 2 aromatic heterocycles. The van der Waals surface area contributed by atoms with Crippen molar-refractivity contribution in [2.45, 2.75) is 0 Å². The lowest BCUT2D eigenvalue weighted by molar-refractivity contribution is 0.419. The summed E-state index contributed by atoms with van der Waals surface area (Å²) in [5, 5.41) is 0.916. The second-order valence-electron chi connectivity index (χ2n) is 4.15. The second-order valence-corrected chi connectivity index (χ2v) is 4.15. The maximum absolute atomic E-state index is 12.2. The van der Waals surface area contributed by atoms with Crippen molar-refractivity contribution in [3.8, 4) is 17.0 Å². The number of rotatable bonds is 2. The number of aromatic nitrogens is 2. The number of aromatic amines is 1. The SMILES string of the molecule is COc1cccc2cc(-c3ccccn3)c(=O)[nH]c12. The molecule has 0 unspecified atom stereocenters. The van der Waals surface area contributed by atoms with E-state index in [0.29, 0.717) is 22.5 Å². The summed E-state index contributed by atoms with van der Waals surface area (Å²) in [4.78, 5) is 19.2. The van der Waals surface area contributed by atoms with Crippen molar-refractivity contribution in [1.29, 1.82) is 0 Å². The standard InChI is InChI=1S/C15H12N2O2/c1-19-13-7-4-5-10-9-11(15(18)17-14(10)13)12-6-2-3-8-16-12/h2-9H,1H3,(H,17,18). The minimum absolute atomic E-state index is 0.171. The Hall–Kier alpha value is -2.62. The Bertz CT molecular complexity index is 779. The van der Waals surface area contributed by atoms with Gasteiger partial charge in [0.15, 0.2) is 0 Å². The average molecular weight is 252 g/mol. The Labute approximate surface area is 109 Å². The summed E-state index contributed by atoms with van der Waals surface area (Å²) < 4.78 is 5.24. The van der Waals surface area contributed by atoms with Crippen LogP contribution in [0.1, 0.15) is 0 Å². The van der Waals surface area contributed by atoms with Crippen molar-refractivity contribution < 1.29 is 4.74 Å². The van der Waals surface area contributed by atoms with Gasteiger partial charge in [0.2, 0.25) is 0 Å². The van der Waals surface area contributed by atoms with Gasteiger partial charge in [-0.1, -0.05) is 18.2 Å². The van der Waals surface area contributed by atoms with Crippen LogP contribution in [0.15, 0.2) is 53.5 Å². The number of hydrogen-bond acceptors (Lipinski definition) is 3. The van der Waals surface area contributed by atoms with E-state index in [0.717, 1.165) is 5.39 Å². The first-order valence-electron chi connectivity index (χ1n) is 5.91. The molecule has 0 bridgehead atoms. The van der Waals surface area contributed by atoms with Gasteiger partial charge >= 0.3 is 0 Å². The highest BCUT2D eigenvalue weighted by Gasteiger charge is 2.08. The first-order chi connectivity index (χ1) is 9.29. The zero-order valence-electron chi connectivity index (χ0n) is 10.4. The number of methoxy groups -OCH3 is 1. The average Bonchev–Trinajstić information content (AvgIpc) is 2.47. The van der Waals surface area contributed by atoms with Crippen molar-refractivity contribution >= 4 is 10.9 Å². The first-order valence-corrected chi connectivity index (χ1v) is 5.91. The normalized spacial score (nSPS) is 10.6. The molecule has 3 aromatic rings. The van der Waals surface area contributed by atoms with Crippen LogP contribution in [-0.4, -0.2) is 17.1 Å². The lowest BCUT2D eigenvalue weighted by Gasteiger charge is -2.06. The van der Waals surface area contributed by atoms with Gasteiger partial charge in [-0.25, -0.2) is 0 Å². The van der Waals surface area contributed by atoms with E-state index >= 15 is 0 Å². The Morgan fingerprint density at radius 1 is 1.16 bits per heavy atom. The van der Waals surface area contributed by atoms with Crippen LogP contribution < -0.4 is 10.3 Å². The Morgan fingerprint density at radius 3 is 2.79 bits per heavy atom. The van der Waals surface area contributed by atoms with Crippen molar-refractivity contribution in [2.75, 3.05) is 7.11 Å². The molecule has 1 aromatic carbocycles. The number of ether oxygens (including phenoxy) is 1. The topological polar surface area (TPSA) is 55.0 Å². The summed E-state index contributed by atoms with van der Waals surface area (Å²) in [7, 11) is 1.58. The number of pyridine rings is 2. The summed E-state index contributed by atoms with van der Waals surface area (Å²) in [6.07, 6.45) is 1.67. The molecule has 0 radical (unpaired) electrons. The van der Waals surface area contributed by atoms with Crippen LogP contribution >= 0.6 is 0 Å². The molecule has 0 aliphatic heterocycles. The molecule has 0 saturated carbocycles. The molecule has 3 rings (SSSR count).